The van der Waals surface area contributed by atoms with Gasteiger partial charge in [0.05, 0.1) is 29.4 Å². The Balaban J connectivity index is 1.53. The third-order valence-electron chi connectivity index (χ3n) is 7.44. The standard InChI is InChI=1S/C28H22N4O5/c1-30-14-24(33)31-21(28(30)35)12-19-18-6-2-3-7-20(18)32(27(34)17-5-4-10-29-13-17)26(19)25(31)16-8-9-22-23(11-16)37-15-36-22/h2-11,13,21,25H,12,14-15H2,1H3. The van der Waals surface area contributed by atoms with Crippen molar-refractivity contribution in [2.75, 3.05) is 20.4 Å². The van der Waals surface area contributed by atoms with E-state index in [0.717, 1.165) is 22.0 Å². The molecule has 0 aliphatic carbocycles. The van der Waals surface area contributed by atoms with E-state index in [1.54, 1.807) is 40.9 Å². The lowest BCUT2D eigenvalue weighted by molar-refractivity contribution is -0.157. The molecule has 7 rings (SSSR count). The zero-order valence-electron chi connectivity index (χ0n) is 20.0. The van der Waals surface area contributed by atoms with Crippen molar-refractivity contribution in [3.8, 4) is 11.5 Å². The number of rotatable bonds is 2. The Kier molecular flexibility index (Phi) is 4.63. The molecule has 0 spiro atoms. The van der Waals surface area contributed by atoms with E-state index < -0.39 is 12.1 Å². The molecule has 0 radical (unpaired) electrons. The first-order valence-corrected chi connectivity index (χ1v) is 12.1. The average Bonchev–Trinajstić information content (AvgIpc) is 3.53. The lowest BCUT2D eigenvalue weighted by atomic mass is 9.86. The Morgan fingerprint density at radius 3 is 2.70 bits per heavy atom. The summed E-state index contributed by atoms with van der Waals surface area (Å²) < 4.78 is 12.8. The minimum Gasteiger partial charge on any atom is -0.454 e. The topological polar surface area (TPSA) is 94.0 Å². The minimum absolute atomic E-state index is 0.0253. The van der Waals surface area contributed by atoms with Gasteiger partial charge in [-0.25, -0.2) is 0 Å². The van der Waals surface area contributed by atoms with Crippen molar-refractivity contribution in [2.45, 2.75) is 18.5 Å². The smallest absolute Gasteiger partial charge is 0.264 e. The Morgan fingerprint density at radius 1 is 1.03 bits per heavy atom. The second-order valence-corrected chi connectivity index (χ2v) is 9.49. The molecule has 184 valence electrons. The van der Waals surface area contributed by atoms with E-state index in [1.807, 2.05) is 36.4 Å². The SMILES string of the molecule is CN1CC(=O)N2C(Cc3c(n(C(=O)c4cccnc4)c4ccccc34)C2c2ccc3c(c2)OCO3)C1=O. The molecule has 0 N–H and O–H groups in total. The van der Waals surface area contributed by atoms with Crippen LogP contribution in [-0.2, 0) is 16.0 Å². The van der Waals surface area contributed by atoms with Crippen molar-refractivity contribution in [3.05, 3.63) is 89.4 Å². The van der Waals surface area contributed by atoms with Crippen molar-refractivity contribution in [1.29, 1.82) is 0 Å². The number of para-hydroxylation sites is 1. The molecule has 1 fully saturated rings. The summed E-state index contributed by atoms with van der Waals surface area (Å²) in [6.07, 6.45) is 3.48. The lowest BCUT2D eigenvalue weighted by Gasteiger charge is -2.46. The van der Waals surface area contributed by atoms with Crippen molar-refractivity contribution in [2.24, 2.45) is 0 Å². The summed E-state index contributed by atoms with van der Waals surface area (Å²) in [6.45, 7) is 0.0888. The first kappa shape index (κ1) is 21.6. The molecule has 9 nitrogen and oxygen atoms in total. The monoisotopic (exact) mass is 494 g/mol. The molecule has 2 atom stereocenters. The highest BCUT2D eigenvalue weighted by Crippen LogP contribution is 2.46. The number of ether oxygens (including phenoxy) is 2. The van der Waals surface area contributed by atoms with E-state index in [0.29, 0.717) is 29.2 Å². The molecule has 9 heteroatoms. The van der Waals surface area contributed by atoms with E-state index >= 15 is 0 Å². The Hall–Kier alpha value is -4.66. The van der Waals surface area contributed by atoms with Gasteiger partial charge in [0.25, 0.3) is 5.91 Å². The fourth-order valence-electron chi connectivity index (χ4n) is 5.81. The summed E-state index contributed by atoms with van der Waals surface area (Å²) >= 11 is 0. The van der Waals surface area contributed by atoms with E-state index in [1.165, 1.54) is 11.1 Å². The number of piperazine rings is 1. The number of nitrogens with zero attached hydrogens (tertiary/aromatic N) is 4. The van der Waals surface area contributed by atoms with Crippen LogP contribution in [0.3, 0.4) is 0 Å². The van der Waals surface area contributed by atoms with Crippen molar-refractivity contribution >= 4 is 28.6 Å². The van der Waals surface area contributed by atoms with E-state index in [4.69, 9.17) is 9.47 Å². The van der Waals surface area contributed by atoms with Gasteiger partial charge in [-0.1, -0.05) is 24.3 Å². The van der Waals surface area contributed by atoms with Crippen LogP contribution in [0.25, 0.3) is 10.9 Å². The summed E-state index contributed by atoms with van der Waals surface area (Å²) in [7, 11) is 1.65. The Labute approximate surface area is 211 Å². The van der Waals surface area contributed by atoms with Crippen LogP contribution in [0, 0.1) is 0 Å². The second kappa shape index (κ2) is 7.92. The zero-order valence-corrected chi connectivity index (χ0v) is 20.0. The Bertz CT molecular complexity index is 1610. The molecule has 3 aliphatic rings. The quantitative estimate of drug-likeness (QED) is 0.426. The van der Waals surface area contributed by atoms with E-state index in [9.17, 15) is 14.4 Å². The van der Waals surface area contributed by atoms with Crippen LogP contribution in [0.15, 0.2) is 67.0 Å². The van der Waals surface area contributed by atoms with Crippen molar-refractivity contribution < 1.29 is 23.9 Å². The molecular formula is C28H22N4O5. The predicted octanol–water partition coefficient (Wildman–Crippen LogP) is 2.77. The number of amides is 2. The molecule has 2 unspecified atom stereocenters. The fourth-order valence-corrected chi connectivity index (χ4v) is 5.81. The summed E-state index contributed by atoms with van der Waals surface area (Å²) in [5.41, 5.74) is 3.45. The van der Waals surface area contributed by atoms with Gasteiger partial charge in [-0.15, -0.1) is 0 Å². The number of fused-ring (bicyclic) bond motifs is 5. The van der Waals surface area contributed by atoms with Crippen LogP contribution >= 0.6 is 0 Å². The fraction of sp³-hybridized carbons (Fsp3) is 0.214. The average molecular weight is 495 g/mol. The van der Waals surface area contributed by atoms with Crippen LogP contribution in [0.1, 0.15) is 33.2 Å². The van der Waals surface area contributed by atoms with Crippen LogP contribution in [0.4, 0.5) is 0 Å². The predicted molar refractivity (Wildman–Crippen MR) is 132 cm³/mol. The molecular weight excluding hydrogens is 472 g/mol. The molecule has 2 amide bonds. The summed E-state index contributed by atoms with van der Waals surface area (Å²) in [5, 5.41) is 0.883. The minimum atomic E-state index is -0.679. The van der Waals surface area contributed by atoms with Gasteiger partial charge in [-0.05, 0) is 41.5 Å². The first-order chi connectivity index (χ1) is 18.0. The van der Waals surface area contributed by atoms with E-state index in [-0.39, 0.29) is 31.1 Å². The first-order valence-electron chi connectivity index (χ1n) is 12.1. The molecule has 2 aromatic carbocycles. The highest BCUT2D eigenvalue weighted by Gasteiger charge is 2.49. The highest BCUT2D eigenvalue weighted by atomic mass is 16.7. The summed E-state index contributed by atoms with van der Waals surface area (Å²) in [5.74, 6) is 0.638. The number of pyridine rings is 1. The molecule has 0 saturated carbocycles. The summed E-state index contributed by atoms with van der Waals surface area (Å²) in [6, 6.07) is 15.3. The number of likely N-dealkylation sites (N-methyl/N-ethyl adjacent to an activating group) is 1. The van der Waals surface area contributed by atoms with Gasteiger partial charge in [0, 0.05) is 31.2 Å². The number of benzene rings is 2. The van der Waals surface area contributed by atoms with Gasteiger partial charge in [-0.3, -0.25) is 23.9 Å². The van der Waals surface area contributed by atoms with Crippen LogP contribution in [-0.4, -0.2) is 63.5 Å². The summed E-state index contributed by atoms with van der Waals surface area (Å²) in [4.78, 5) is 48.2. The van der Waals surface area contributed by atoms with Crippen LogP contribution < -0.4 is 9.47 Å². The van der Waals surface area contributed by atoms with Gasteiger partial charge in [-0.2, -0.15) is 0 Å². The van der Waals surface area contributed by atoms with Crippen molar-refractivity contribution in [3.63, 3.8) is 0 Å². The molecule has 0 bridgehead atoms. The molecule has 4 aromatic rings. The van der Waals surface area contributed by atoms with Crippen LogP contribution in [0.2, 0.25) is 0 Å². The van der Waals surface area contributed by atoms with Gasteiger partial charge >= 0.3 is 0 Å². The van der Waals surface area contributed by atoms with Crippen molar-refractivity contribution in [1.82, 2.24) is 19.4 Å². The molecule has 3 aliphatic heterocycles. The molecule has 2 aromatic heterocycles. The van der Waals surface area contributed by atoms with E-state index in [2.05, 4.69) is 4.98 Å². The zero-order chi connectivity index (χ0) is 25.3. The number of hydrogen-bond donors (Lipinski definition) is 0. The number of carbonyl (C=O) groups is 3. The van der Waals surface area contributed by atoms with Gasteiger partial charge in [0.1, 0.15) is 6.04 Å². The number of carbonyl (C=O) groups excluding carboxylic acids is 3. The maximum absolute atomic E-state index is 14.0. The Morgan fingerprint density at radius 2 is 1.86 bits per heavy atom. The van der Waals surface area contributed by atoms with Gasteiger partial charge < -0.3 is 19.3 Å². The third kappa shape index (κ3) is 3.10. The number of hydrogen-bond acceptors (Lipinski definition) is 6. The maximum atomic E-state index is 14.0. The number of aromatic nitrogens is 2. The molecule has 5 heterocycles. The second-order valence-electron chi connectivity index (χ2n) is 9.49. The molecule has 1 saturated heterocycles. The maximum Gasteiger partial charge on any atom is 0.264 e. The van der Waals surface area contributed by atoms with Crippen LogP contribution in [0.5, 0.6) is 11.5 Å². The van der Waals surface area contributed by atoms with Gasteiger partial charge in [0.15, 0.2) is 11.5 Å². The normalized spacial score (nSPS) is 20.2. The third-order valence-corrected chi connectivity index (χ3v) is 7.44. The molecule has 37 heavy (non-hydrogen) atoms. The largest absolute Gasteiger partial charge is 0.454 e. The lowest BCUT2D eigenvalue weighted by Crippen LogP contribution is -2.62. The van der Waals surface area contributed by atoms with Gasteiger partial charge in [0.2, 0.25) is 18.6 Å². The highest BCUT2D eigenvalue weighted by molar-refractivity contribution is 6.05.